The molecule has 7 nitrogen and oxygen atoms in total. The number of anilines is 1. The molecule has 0 unspecified atom stereocenters. The molecule has 1 N–H and O–H groups in total. The molecule has 0 radical (unpaired) electrons. The molecule has 8 heteroatoms. The molecule has 1 atom stereocenters. The summed E-state index contributed by atoms with van der Waals surface area (Å²) in [4.78, 5) is 26.2. The number of carbonyl (C=O) groups excluding carboxylic acids is 2. The Bertz CT molecular complexity index is 927. The fourth-order valence-electron chi connectivity index (χ4n) is 3.41. The number of rotatable bonds is 5. The summed E-state index contributed by atoms with van der Waals surface area (Å²) in [7, 11) is 1.58. The lowest BCUT2D eigenvalue weighted by atomic mass is 10.1. The Morgan fingerprint density at radius 3 is 2.35 bits per heavy atom. The molecular formula is C23H28BrN3O4. The Labute approximate surface area is 191 Å². The van der Waals surface area contributed by atoms with Gasteiger partial charge in [0, 0.05) is 17.6 Å². The first-order valence-electron chi connectivity index (χ1n) is 10.2. The van der Waals surface area contributed by atoms with Crippen LogP contribution in [-0.2, 0) is 9.53 Å². The van der Waals surface area contributed by atoms with Gasteiger partial charge in [-0.15, -0.1) is 0 Å². The highest BCUT2D eigenvalue weighted by atomic mass is 79.9. The summed E-state index contributed by atoms with van der Waals surface area (Å²) in [5.74, 6) is 0.438. The molecule has 0 spiro atoms. The zero-order chi connectivity index (χ0) is 22.6. The van der Waals surface area contributed by atoms with Crippen molar-refractivity contribution in [3.8, 4) is 5.75 Å². The van der Waals surface area contributed by atoms with E-state index in [9.17, 15) is 9.59 Å². The number of nitrogens with zero attached hydrogens (tertiary/aromatic N) is 2. The van der Waals surface area contributed by atoms with Gasteiger partial charge in [-0.1, -0.05) is 24.3 Å². The van der Waals surface area contributed by atoms with Crippen LogP contribution in [0.3, 0.4) is 0 Å². The van der Waals surface area contributed by atoms with Crippen LogP contribution in [0.25, 0.3) is 0 Å². The topological polar surface area (TPSA) is 71.1 Å². The molecule has 31 heavy (non-hydrogen) atoms. The molecule has 0 bridgehead atoms. The van der Waals surface area contributed by atoms with Crippen LogP contribution in [0, 0.1) is 0 Å². The van der Waals surface area contributed by atoms with Gasteiger partial charge in [0.05, 0.1) is 12.8 Å². The molecule has 0 aromatic heterocycles. The van der Waals surface area contributed by atoms with Crippen molar-refractivity contribution in [1.29, 1.82) is 0 Å². The van der Waals surface area contributed by atoms with Gasteiger partial charge in [0.1, 0.15) is 17.4 Å². The smallest absolute Gasteiger partial charge is 0.408 e. The third kappa shape index (κ3) is 5.70. The van der Waals surface area contributed by atoms with Crippen molar-refractivity contribution in [2.45, 2.75) is 38.8 Å². The number of halogens is 1. The summed E-state index contributed by atoms with van der Waals surface area (Å²) in [5, 5.41) is 6.39. The fraction of sp³-hybridized carbons (Fsp3) is 0.391. The third-order valence-electron chi connectivity index (χ3n) is 4.77. The number of ether oxygens (including phenoxy) is 2. The Morgan fingerprint density at radius 2 is 1.74 bits per heavy atom. The van der Waals surface area contributed by atoms with Crippen LogP contribution in [0.2, 0.25) is 0 Å². The fourth-order valence-corrected chi connectivity index (χ4v) is 3.90. The second-order valence-corrected chi connectivity index (χ2v) is 9.10. The molecule has 1 aliphatic rings. The van der Waals surface area contributed by atoms with E-state index in [1.54, 1.807) is 57.2 Å². The van der Waals surface area contributed by atoms with Crippen LogP contribution >= 0.6 is 15.9 Å². The molecule has 2 aromatic carbocycles. The van der Waals surface area contributed by atoms with Gasteiger partial charge in [0.2, 0.25) is 0 Å². The normalized spacial score (nSPS) is 14.9. The predicted octanol–water partition coefficient (Wildman–Crippen LogP) is 4.68. The van der Waals surface area contributed by atoms with E-state index in [0.717, 1.165) is 16.6 Å². The van der Waals surface area contributed by atoms with Crippen molar-refractivity contribution in [3.05, 3.63) is 58.6 Å². The third-order valence-corrected chi connectivity index (χ3v) is 5.44. The van der Waals surface area contributed by atoms with Crippen molar-refractivity contribution in [2.24, 2.45) is 0 Å². The van der Waals surface area contributed by atoms with E-state index in [0.29, 0.717) is 24.4 Å². The summed E-state index contributed by atoms with van der Waals surface area (Å²) < 4.78 is 11.5. The number of methoxy groups -OCH3 is 1. The van der Waals surface area contributed by atoms with Crippen LogP contribution in [-0.4, -0.2) is 42.8 Å². The van der Waals surface area contributed by atoms with E-state index in [1.165, 1.54) is 0 Å². The van der Waals surface area contributed by atoms with Gasteiger partial charge >= 0.3 is 6.09 Å². The van der Waals surface area contributed by atoms with Gasteiger partial charge in [-0.05, 0) is 73.0 Å². The molecule has 2 amide bonds. The zero-order valence-electron chi connectivity index (χ0n) is 18.2. The van der Waals surface area contributed by atoms with Gasteiger partial charge in [0.15, 0.2) is 0 Å². The number of amides is 2. The molecule has 0 aliphatic carbocycles. The Hall–Kier alpha value is -2.74. The lowest BCUT2D eigenvalue weighted by Crippen LogP contribution is -2.49. The van der Waals surface area contributed by atoms with Crippen molar-refractivity contribution in [2.75, 3.05) is 25.2 Å². The van der Waals surface area contributed by atoms with Crippen molar-refractivity contribution >= 4 is 33.6 Å². The first-order chi connectivity index (χ1) is 14.7. The van der Waals surface area contributed by atoms with E-state index < -0.39 is 17.7 Å². The van der Waals surface area contributed by atoms with Crippen LogP contribution in [0.5, 0.6) is 5.75 Å². The van der Waals surface area contributed by atoms with Crippen LogP contribution in [0.1, 0.15) is 38.8 Å². The summed E-state index contributed by atoms with van der Waals surface area (Å²) in [5.41, 5.74) is 0.876. The van der Waals surface area contributed by atoms with E-state index in [4.69, 9.17) is 9.47 Å². The van der Waals surface area contributed by atoms with Crippen LogP contribution < -0.4 is 15.1 Å². The lowest BCUT2D eigenvalue weighted by Gasteiger charge is -2.33. The zero-order valence-corrected chi connectivity index (χ0v) is 19.8. The second-order valence-electron chi connectivity index (χ2n) is 8.24. The molecular weight excluding hydrogens is 462 g/mol. The molecule has 1 heterocycles. The maximum absolute atomic E-state index is 13.7. The van der Waals surface area contributed by atoms with Crippen LogP contribution in [0.15, 0.2) is 53.0 Å². The summed E-state index contributed by atoms with van der Waals surface area (Å²) in [6.07, 6.45) is 0.183. The molecule has 2 aromatic rings. The minimum absolute atomic E-state index is 0.232. The van der Waals surface area contributed by atoms with E-state index in [2.05, 4.69) is 21.2 Å². The Morgan fingerprint density at radius 1 is 1.06 bits per heavy atom. The molecule has 1 saturated heterocycles. The van der Waals surface area contributed by atoms with Gasteiger partial charge in [0.25, 0.3) is 5.91 Å². The standard InChI is InChI=1S/C23H28BrN3O4/c1-23(2,3)31-22(29)25-20(16-10-12-17(30-4)13-11-16)21(28)27-15-7-14-26(27)19-9-6-5-8-18(19)24/h5-6,8-13,20H,7,14-15H2,1-4H3,(H,25,29)/t20-/m0/s1. The average molecular weight is 490 g/mol. The minimum Gasteiger partial charge on any atom is -0.497 e. The number of alkyl carbamates (subject to hydrolysis) is 1. The molecule has 0 saturated carbocycles. The predicted molar refractivity (Wildman–Crippen MR) is 123 cm³/mol. The minimum atomic E-state index is -0.899. The molecule has 3 rings (SSSR count). The molecule has 1 fully saturated rings. The second kappa shape index (κ2) is 9.60. The number of carbonyl (C=O) groups is 2. The van der Waals surface area contributed by atoms with Gasteiger partial charge < -0.3 is 14.8 Å². The number of nitrogens with one attached hydrogen (secondary N) is 1. The van der Waals surface area contributed by atoms with E-state index >= 15 is 0 Å². The van der Waals surface area contributed by atoms with E-state index in [1.807, 2.05) is 29.3 Å². The van der Waals surface area contributed by atoms with Crippen molar-refractivity contribution in [3.63, 3.8) is 0 Å². The quantitative estimate of drug-likeness (QED) is 0.660. The number of para-hydroxylation sites is 1. The average Bonchev–Trinajstić information content (AvgIpc) is 3.20. The van der Waals surface area contributed by atoms with E-state index in [-0.39, 0.29) is 5.91 Å². The van der Waals surface area contributed by atoms with Gasteiger partial charge in [-0.25, -0.2) is 4.79 Å². The van der Waals surface area contributed by atoms with Crippen molar-refractivity contribution < 1.29 is 19.1 Å². The SMILES string of the molecule is COc1ccc([C@H](NC(=O)OC(C)(C)C)C(=O)N2CCCN2c2ccccc2Br)cc1. The summed E-state index contributed by atoms with van der Waals surface area (Å²) >= 11 is 3.57. The molecule has 1 aliphatic heterocycles. The summed E-state index contributed by atoms with van der Waals surface area (Å²) in [6.45, 7) is 6.61. The monoisotopic (exact) mass is 489 g/mol. The highest BCUT2D eigenvalue weighted by molar-refractivity contribution is 9.10. The molecule has 166 valence electrons. The Kier molecular flexibility index (Phi) is 7.10. The first kappa shape index (κ1) is 22.9. The maximum atomic E-state index is 13.7. The lowest BCUT2D eigenvalue weighted by molar-refractivity contribution is -0.133. The van der Waals surface area contributed by atoms with Gasteiger partial charge in [-0.2, -0.15) is 0 Å². The highest BCUT2D eigenvalue weighted by Crippen LogP contribution is 2.31. The number of hydrazine groups is 1. The van der Waals surface area contributed by atoms with Gasteiger partial charge in [-0.3, -0.25) is 14.8 Å². The maximum Gasteiger partial charge on any atom is 0.408 e. The van der Waals surface area contributed by atoms with Crippen LogP contribution in [0.4, 0.5) is 10.5 Å². The summed E-state index contributed by atoms with van der Waals surface area (Å²) in [6, 6.07) is 13.9. The number of hydrogen-bond donors (Lipinski definition) is 1. The first-order valence-corrected chi connectivity index (χ1v) is 11.0. The number of hydrogen-bond acceptors (Lipinski definition) is 5. The van der Waals surface area contributed by atoms with Crippen molar-refractivity contribution in [1.82, 2.24) is 10.3 Å². The highest BCUT2D eigenvalue weighted by Gasteiger charge is 2.35. The number of benzene rings is 2. The largest absolute Gasteiger partial charge is 0.497 e. The Balaban J connectivity index is 1.90.